The van der Waals surface area contributed by atoms with Gasteiger partial charge < -0.3 is 25.0 Å². The molecule has 3 atom stereocenters. The van der Waals surface area contributed by atoms with Crippen molar-refractivity contribution in [3.05, 3.63) is 43.0 Å². The van der Waals surface area contributed by atoms with E-state index >= 15 is 0 Å². The Kier molecular flexibility index (Phi) is 10.0. The number of rotatable bonds is 11. The Hall–Kier alpha value is -2.50. The highest BCUT2D eigenvalue weighted by Crippen LogP contribution is 2.44. The van der Waals surface area contributed by atoms with Gasteiger partial charge in [-0.15, -0.1) is 0 Å². The molecule has 186 valence electrons. The van der Waals surface area contributed by atoms with E-state index in [1.807, 2.05) is 26.8 Å². The Morgan fingerprint density at radius 1 is 1.18 bits per heavy atom. The number of ether oxygens (including phenoxy) is 1. The number of imidazole rings is 1. The van der Waals surface area contributed by atoms with E-state index in [0.717, 1.165) is 0 Å². The molecule has 0 aliphatic carbocycles. The molecule has 3 rings (SSSR count). The molecule has 2 aromatic heterocycles. The van der Waals surface area contributed by atoms with Crippen LogP contribution < -0.4 is 15.3 Å². The highest BCUT2D eigenvalue weighted by Gasteiger charge is 2.31. The number of hydrogen-bond acceptors (Lipinski definition) is 9. The first-order valence-corrected chi connectivity index (χ1v) is 13.2. The first-order chi connectivity index (χ1) is 15.7. The van der Waals surface area contributed by atoms with Crippen LogP contribution in [-0.2, 0) is 20.6 Å². The summed E-state index contributed by atoms with van der Waals surface area (Å²) >= 11 is 1.19. The van der Waals surface area contributed by atoms with Crippen LogP contribution in [0.5, 0.6) is 5.75 Å². The summed E-state index contributed by atoms with van der Waals surface area (Å²) in [6.45, 7) is 7.77. The Labute approximate surface area is 202 Å². The zero-order valence-electron chi connectivity index (χ0n) is 19.5. The maximum Gasteiger partial charge on any atom is 0.342 e. The molecule has 0 saturated carbocycles. The van der Waals surface area contributed by atoms with Crippen LogP contribution in [0.2, 0.25) is 0 Å². The summed E-state index contributed by atoms with van der Waals surface area (Å²) < 4.78 is 27.2. The zero-order chi connectivity index (χ0) is 24.0. The maximum atomic E-state index is 13.7. The Bertz CT molecular complexity index is 1130. The minimum atomic E-state index is -3.57. The molecule has 0 amide bonds. The van der Waals surface area contributed by atoms with E-state index in [1.165, 1.54) is 18.1 Å². The smallest absolute Gasteiger partial charge is 0.342 e. The van der Waals surface area contributed by atoms with Crippen LogP contribution in [-0.4, -0.2) is 53.9 Å². The molecule has 34 heavy (non-hydrogen) atoms. The van der Waals surface area contributed by atoms with Gasteiger partial charge in [0.2, 0.25) is 5.12 Å². The second-order valence-corrected chi connectivity index (χ2v) is 11.5. The number of nitrogens with zero attached hydrogens (tertiary/aromatic N) is 4. The van der Waals surface area contributed by atoms with Gasteiger partial charge >= 0.3 is 7.52 Å². The monoisotopic (exact) mass is 510 g/mol. The average Bonchev–Trinajstić information content (AvgIpc) is 3.16. The van der Waals surface area contributed by atoms with Crippen LogP contribution in [0.15, 0.2) is 43.0 Å². The van der Waals surface area contributed by atoms with Crippen molar-refractivity contribution in [3.8, 4) is 5.75 Å². The summed E-state index contributed by atoms with van der Waals surface area (Å²) in [5.41, 5.74) is 6.94. The number of thioether (sulfide) groups is 1. The number of aromatic nitrogens is 4. The number of carbonyl (C=O) groups excluding carboxylic acids is 1. The van der Waals surface area contributed by atoms with E-state index in [0.29, 0.717) is 29.3 Å². The molecule has 1 unspecified atom stereocenters. The highest BCUT2D eigenvalue weighted by atomic mass is 32.2. The lowest BCUT2D eigenvalue weighted by Crippen LogP contribution is -2.34. The zero-order valence-corrected chi connectivity index (χ0v) is 21.3. The first kappa shape index (κ1) is 27.7. The van der Waals surface area contributed by atoms with Gasteiger partial charge in [0, 0.05) is 5.25 Å². The predicted octanol–water partition coefficient (Wildman–Crippen LogP) is 2.86. The molecular weight excluding hydrogens is 479 g/mol. The number of nitrogen functional groups attached to an aromatic ring is 1. The third kappa shape index (κ3) is 7.51. The molecule has 1 aromatic carbocycles. The van der Waals surface area contributed by atoms with Gasteiger partial charge in [0.15, 0.2) is 11.5 Å². The first-order valence-electron chi connectivity index (χ1n) is 10.5. The number of fused-ring (bicyclic) bond motifs is 1. The van der Waals surface area contributed by atoms with Crippen molar-refractivity contribution in [2.45, 2.75) is 51.6 Å². The van der Waals surface area contributed by atoms with Crippen LogP contribution in [0, 0.1) is 0 Å². The number of benzene rings is 1. The van der Waals surface area contributed by atoms with Gasteiger partial charge in [-0.1, -0.05) is 43.8 Å². The highest BCUT2D eigenvalue weighted by molar-refractivity contribution is 8.14. The second-order valence-electron chi connectivity index (χ2n) is 7.85. The molecule has 0 bridgehead atoms. The van der Waals surface area contributed by atoms with Crippen molar-refractivity contribution < 1.29 is 24.1 Å². The lowest BCUT2D eigenvalue weighted by atomic mass is 10.3. The number of hydrogen-bond donors (Lipinski definition) is 2. The van der Waals surface area contributed by atoms with E-state index in [4.69, 9.17) is 15.0 Å². The van der Waals surface area contributed by atoms with Crippen molar-refractivity contribution in [1.29, 1.82) is 0 Å². The Morgan fingerprint density at radius 3 is 2.56 bits per heavy atom. The Morgan fingerprint density at radius 2 is 1.88 bits per heavy atom. The molecule has 2 heterocycles. The molecule has 5 N–H and O–H groups in total. The van der Waals surface area contributed by atoms with Gasteiger partial charge in [0.05, 0.1) is 25.0 Å². The van der Waals surface area contributed by atoms with Gasteiger partial charge in [-0.05, 0) is 26.0 Å². The van der Waals surface area contributed by atoms with Crippen LogP contribution in [0.1, 0.15) is 27.7 Å². The normalized spacial score (nSPS) is 14.9. The van der Waals surface area contributed by atoms with Gasteiger partial charge in [-0.25, -0.2) is 20.0 Å². The Balaban J connectivity index is 0.00000408. The molecule has 13 heteroatoms. The van der Waals surface area contributed by atoms with Crippen molar-refractivity contribution in [1.82, 2.24) is 24.6 Å². The van der Waals surface area contributed by atoms with E-state index < -0.39 is 13.6 Å². The average molecular weight is 511 g/mol. The largest absolute Gasteiger partial charge is 0.431 e. The lowest BCUT2D eigenvalue weighted by Gasteiger charge is -2.25. The fraction of sp³-hybridized carbons (Fsp3) is 0.429. The second kappa shape index (κ2) is 12.3. The minimum absolute atomic E-state index is 0. The van der Waals surface area contributed by atoms with Gasteiger partial charge in [0.1, 0.15) is 23.9 Å². The molecule has 11 nitrogen and oxygen atoms in total. The summed E-state index contributed by atoms with van der Waals surface area (Å²) in [6, 6.07) is 8.13. The number of anilines is 1. The summed E-state index contributed by atoms with van der Waals surface area (Å²) in [6.07, 6.45) is 2.40. The molecular formula is C21H31N6O5PS. The fourth-order valence-corrected chi connectivity index (χ4v) is 5.63. The van der Waals surface area contributed by atoms with Crippen molar-refractivity contribution >= 4 is 41.4 Å². The summed E-state index contributed by atoms with van der Waals surface area (Å²) in [5.74, 6) is 0.726. The standard InChI is InChI=1S/C21H29N6O4PS.H2O/c1-14(2)33-21(28)16(4)26-32(29,31-17-8-6-5-7-9-17)13-30-15(3)10-27-12-25-18-19(22)23-11-24-20(18)27;/h5-9,11-12,14-16H,10,13H2,1-4H3,(H,26,29)(H2,22,23,24);1H2/t15-,16+,32?;/m1./s1. The number of nitrogens with two attached hydrogens (primary N) is 1. The molecule has 0 aliphatic rings. The van der Waals surface area contributed by atoms with Gasteiger partial charge in [-0.3, -0.25) is 9.36 Å². The maximum absolute atomic E-state index is 13.7. The van der Waals surface area contributed by atoms with Crippen LogP contribution >= 0.6 is 19.3 Å². The molecule has 0 spiro atoms. The summed E-state index contributed by atoms with van der Waals surface area (Å²) in [4.78, 5) is 24.8. The number of carbonyl (C=O) groups is 1. The van der Waals surface area contributed by atoms with Gasteiger partial charge in [0.25, 0.3) is 0 Å². The molecule has 0 fully saturated rings. The summed E-state index contributed by atoms with van der Waals surface area (Å²) in [7, 11) is -3.57. The number of nitrogens with one attached hydrogen (secondary N) is 1. The SMILES string of the molecule is CC(C)SC(=O)[C@H](C)NP(=O)(CO[C@H](C)Cn1cnc2c(N)ncnc21)Oc1ccccc1.O. The summed E-state index contributed by atoms with van der Waals surface area (Å²) in [5, 5.41) is 2.89. The van der Waals surface area contributed by atoms with E-state index in [2.05, 4.69) is 20.0 Å². The van der Waals surface area contributed by atoms with Crippen molar-refractivity contribution in [3.63, 3.8) is 0 Å². The van der Waals surface area contributed by atoms with E-state index in [9.17, 15) is 9.36 Å². The molecule has 3 aromatic rings. The van der Waals surface area contributed by atoms with Crippen LogP contribution in [0.3, 0.4) is 0 Å². The predicted molar refractivity (Wildman–Crippen MR) is 134 cm³/mol. The van der Waals surface area contributed by atoms with Crippen molar-refractivity contribution in [2.24, 2.45) is 0 Å². The molecule has 0 radical (unpaired) electrons. The molecule has 0 aliphatic heterocycles. The van der Waals surface area contributed by atoms with Crippen LogP contribution in [0.25, 0.3) is 11.2 Å². The van der Waals surface area contributed by atoms with Crippen molar-refractivity contribution in [2.75, 3.05) is 12.1 Å². The number of para-hydroxylation sites is 1. The van der Waals surface area contributed by atoms with E-state index in [1.54, 1.807) is 42.1 Å². The third-order valence-corrected chi connectivity index (χ3v) is 7.34. The quantitative estimate of drug-likeness (QED) is 0.366. The third-order valence-electron chi connectivity index (χ3n) is 4.50. The topological polar surface area (TPSA) is 166 Å². The van der Waals surface area contributed by atoms with E-state index in [-0.39, 0.29) is 28.3 Å². The van der Waals surface area contributed by atoms with Gasteiger partial charge in [-0.2, -0.15) is 0 Å². The minimum Gasteiger partial charge on any atom is -0.431 e. The molecule has 0 saturated heterocycles. The van der Waals surface area contributed by atoms with Crippen LogP contribution in [0.4, 0.5) is 5.82 Å². The fourth-order valence-electron chi connectivity index (χ4n) is 3.01. The lowest BCUT2D eigenvalue weighted by molar-refractivity contribution is -0.112.